The van der Waals surface area contributed by atoms with E-state index < -0.39 is 18.0 Å². The Morgan fingerprint density at radius 3 is 2.50 bits per heavy atom. The highest BCUT2D eigenvalue weighted by molar-refractivity contribution is 6.36. The number of esters is 1. The first kappa shape index (κ1) is 22.6. The van der Waals surface area contributed by atoms with Gasteiger partial charge in [-0.25, -0.2) is 4.98 Å². The number of rotatable bonds is 8. The predicted molar refractivity (Wildman–Crippen MR) is 110 cm³/mol. The van der Waals surface area contributed by atoms with E-state index in [1.54, 1.807) is 18.2 Å². The van der Waals surface area contributed by atoms with Gasteiger partial charge < -0.3 is 14.8 Å². The Hall–Kier alpha value is -1.73. The van der Waals surface area contributed by atoms with Crippen LogP contribution in [-0.4, -0.2) is 29.6 Å². The number of hydrogen-bond donors (Lipinski definition) is 1. The van der Waals surface area contributed by atoms with E-state index in [-0.39, 0.29) is 23.9 Å². The summed E-state index contributed by atoms with van der Waals surface area (Å²) in [5.41, 5.74) is 0. The number of pyridine rings is 1. The van der Waals surface area contributed by atoms with Gasteiger partial charge in [-0.15, -0.1) is 0 Å². The van der Waals surface area contributed by atoms with Crippen molar-refractivity contribution in [3.8, 4) is 5.75 Å². The first-order chi connectivity index (χ1) is 13.3. The SMILES string of the molecule is CC(OC(=O)CCCOc1ccc(Cl)cc1Cl)C(=O)Nc1ncc(Cl)cc1Cl. The summed E-state index contributed by atoms with van der Waals surface area (Å²) in [6, 6.07) is 6.30. The number of amides is 1. The molecular weight excluding hydrogens is 450 g/mol. The summed E-state index contributed by atoms with van der Waals surface area (Å²) in [4.78, 5) is 27.9. The van der Waals surface area contributed by atoms with Crippen molar-refractivity contribution in [3.63, 3.8) is 0 Å². The Morgan fingerprint density at radius 2 is 1.82 bits per heavy atom. The fraction of sp³-hybridized carbons (Fsp3) is 0.278. The molecule has 0 aliphatic heterocycles. The maximum Gasteiger partial charge on any atom is 0.306 e. The van der Waals surface area contributed by atoms with Gasteiger partial charge in [0.2, 0.25) is 0 Å². The highest BCUT2D eigenvalue weighted by Crippen LogP contribution is 2.27. The zero-order valence-electron chi connectivity index (χ0n) is 14.7. The molecule has 1 unspecified atom stereocenters. The number of carbonyl (C=O) groups excluding carboxylic acids is 2. The van der Waals surface area contributed by atoms with Gasteiger partial charge in [0.1, 0.15) is 5.75 Å². The van der Waals surface area contributed by atoms with Crippen molar-refractivity contribution in [2.75, 3.05) is 11.9 Å². The first-order valence-electron chi connectivity index (χ1n) is 8.15. The zero-order valence-corrected chi connectivity index (χ0v) is 17.7. The third-order valence-corrected chi connectivity index (χ3v) is 4.43. The molecule has 0 radical (unpaired) electrons. The van der Waals surface area contributed by atoms with Gasteiger partial charge in [0.25, 0.3) is 5.91 Å². The van der Waals surface area contributed by atoms with Crippen molar-refractivity contribution >= 4 is 64.1 Å². The first-order valence-corrected chi connectivity index (χ1v) is 9.66. The molecule has 0 saturated heterocycles. The lowest BCUT2D eigenvalue weighted by Gasteiger charge is -2.14. The summed E-state index contributed by atoms with van der Waals surface area (Å²) in [5, 5.41) is 3.88. The van der Waals surface area contributed by atoms with Gasteiger partial charge in [-0.3, -0.25) is 9.59 Å². The van der Waals surface area contributed by atoms with Crippen molar-refractivity contribution in [2.45, 2.75) is 25.9 Å². The van der Waals surface area contributed by atoms with E-state index in [2.05, 4.69) is 10.3 Å². The van der Waals surface area contributed by atoms with Gasteiger partial charge >= 0.3 is 5.97 Å². The Morgan fingerprint density at radius 1 is 1.11 bits per heavy atom. The minimum Gasteiger partial charge on any atom is -0.492 e. The molecule has 1 N–H and O–H groups in total. The largest absolute Gasteiger partial charge is 0.492 e. The molecular formula is C18H16Cl4N2O4. The van der Waals surface area contributed by atoms with E-state index in [1.807, 2.05) is 0 Å². The second-order valence-corrected chi connectivity index (χ2v) is 7.32. The fourth-order valence-electron chi connectivity index (χ4n) is 2.03. The minimum atomic E-state index is -1.02. The summed E-state index contributed by atoms with van der Waals surface area (Å²) < 4.78 is 10.6. The highest BCUT2D eigenvalue weighted by Gasteiger charge is 2.19. The lowest BCUT2D eigenvalue weighted by atomic mass is 10.3. The highest BCUT2D eigenvalue weighted by atomic mass is 35.5. The number of ether oxygens (including phenoxy) is 2. The molecule has 6 nitrogen and oxygen atoms in total. The molecule has 1 amide bonds. The van der Waals surface area contributed by atoms with Crippen LogP contribution in [0, 0.1) is 0 Å². The van der Waals surface area contributed by atoms with Crippen molar-refractivity contribution in [3.05, 3.63) is 50.6 Å². The maximum atomic E-state index is 12.1. The smallest absolute Gasteiger partial charge is 0.306 e. The lowest BCUT2D eigenvalue weighted by molar-refractivity contribution is -0.153. The molecule has 10 heteroatoms. The van der Waals surface area contributed by atoms with Gasteiger partial charge in [0.05, 0.1) is 21.7 Å². The van der Waals surface area contributed by atoms with Crippen LogP contribution < -0.4 is 10.1 Å². The van der Waals surface area contributed by atoms with E-state index in [0.29, 0.717) is 27.2 Å². The number of anilines is 1. The molecule has 0 aliphatic carbocycles. The van der Waals surface area contributed by atoms with Crippen LogP contribution in [0.3, 0.4) is 0 Å². The predicted octanol–water partition coefficient (Wildman–Crippen LogP) is 5.42. The second kappa shape index (κ2) is 10.7. The summed E-state index contributed by atoms with van der Waals surface area (Å²) in [6.45, 7) is 1.70. The van der Waals surface area contributed by atoms with Crippen LogP contribution in [0.2, 0.25) is 20.1 Å². The molecule has 0 saturated carbocycles. The molecule has 2 aromatic rings. The second-order valence-electron chi connectivity index (χ2n) is 5.63. The Bertz CT molecular complexity index is 863. The van der Waals surface area contributed by atoms with Gasteiger partial charge in [-0.1, -0.05) is 46.4 Å². The molecule has 1 aromatic carbocycles. The van der Waals surface area contributed by atoms with Crippen molar-refractivity contribution < 1.29 is 19.1 Å². The Balaban J connectivity index is 1.73. The van der Waals surface area contributed by atoms with Crippen LogP contribution in [-0.2, 0) is 14.3 Å². The summed E-state index contributed by atoms with van der Waals surface area (Å²) in [5.74, 6) is -0.496. The van der Waals surface area contributed by atoms with Crippen LogP contribution in [0.4, 0.5) is 5.82 Å². The van der Waals surface area contributed by atoms with Gasteiger partial charge in [-0.2, -0.15) is 0 Å². The van der Waals surface area contributed by atoms with E-state index in [0.717, 1.165) is 0 Å². The standard InChI is InChI=1S/C18H16Cl4N2O4/c1-10(18(26)24-17-14(22)8-12(20)9-23-17)28-16(25)3-2-6-27-15-5-4-11(19)7-13(15)21/h4-5,7-10H,2-3,6H2,1H3,(H,23,24,26). The van der Waals surface area contributed by atoms with Crippen molar-refractivity contribution in [2.24, 2.45) is 0 Å². The Labute approximate surface area is 182 Å². The molecule has 1 atom stereocenters. The van der Waals surface area contributed by atoms with Gasteiger partial charge in [0, 0.05) is 17.6 Å². The number of halogens is 4. The van der Waals surface area contributed by atoms with E-state index >= 15 is 0 Å². The third kappa shape index (κ3) is 7.02. The van der Waals surface area contributed by atoms with Crippen LogP contribution in [0.1, 0.15) is 19.8 Å². The average molecular weight is 466 g/mol. The van der Waals surface area contributed by atoms with Crippen LogP contribution in [0.5, 0.6) is 5.75 Å². The minimum absolute atomic E-state index is 0.0722. The van der Waals surface area contributed by atoms with Crippen LogP contribution in [0.25, 0.3) is 0 Å². The average Bonchev–Trinajstić information content (AvgIpc) is 2.62. The number of benzene rings is 1. The number of carbonyl (C=O) groups is 2. The lowest BCUT2D eigenvalue weighted by Crippen LogP contribution is -2.30. The number of hydrogen-bond acceptors (Lipinski definition) is 5. The summed E-state index contributed by atoms with van der Waals surface area (Å²) >= 11 is 23.5. The molecule has 28 heavy (non-hydrogen) atoms. The van der Waals surface area contributed by atoms with E-state index in [9.17, 15) is 9.59 Å². The normalized spacial score (nSPS) is 11.6. The maximum absolute atomic E-state index is 12.1. The number of aromatic nitrogens is 1. The zero-order chi connectivity index (χ0) is 20.7. The Kier molecular flexibility index (Phi) is 8.63. The molecule has 0 bridgehead atoms. The molecule has 0 aliphatic rings. The molecule has 0 spiro atoms. The third-order valence-electron chi connectivity index (χ3n) is 3.40. The number of nitrogens with zero attached hydrogens (tertiary/aromatic N) is 1. The quantitative estimate of drug-likeness (QED) is 0.415. The van der Waals surface area contributed by atoms with Gasteiger partial charge in [0.15, 0.2) is 11.9 Å². The van der Waals surface area contributed by atoms with Crippen molar-refractivity contribution in [1.82, 2.24) is 4.98 Å². The van der Waals surface area contributed by atoms with Gasteiger partial charge in [-0.05, 0) is 37.6 Å². The topological polar surface area (TPSA) is 77.5 Å². The fourth-order valence-corrected chi connectivity index (χ4v) is 2.92. The monoisotopic (exact) mass is 464 g/mol. The molecule has 2 rings (SSSR count). The molecule has 1 heterocycles. The summed E-state index contributed by atoms with van der Waals surface area (Å²) in [6.07, 6.45) is 0.777. The molecule has 150 valence electrons. The van der Waals surface area contributed by atoms with Crippen LogP contribution >= 0.6 is 46.4 Å². The molecule has 0 fully saturated rings. The van der Waals surface area contributed by atoms with E-state index in [4.69, 9.17) is 55.9 Å². The molecule has 1 aromatic heterocycles. The number of nitrogens with one attached hydrogen (secondary N) is 1. The van der Waals surface area contributed by atoms with E-state index in [1.165, 1.54) is 19.2 Å². The summed E-state index contributed by atoms with van der Waals surface area (Å²) in [7, 11) is 0. The van der Waals surface area contributed by atoms with Crippen molar-refractivity contribution in [1.29, 1.82) is 0 Å². The van der Waals surface area contributed by atoms with Crippen LogP contribution in [0.15, 0.2) is 30.5 Å².